The summed E-state index contributed by atoms with van der Waals surface area (Å²) in [6.45, 7) is 0.170. The third kappa shape index (κ3) is 5.13. The second kappa shape index (κ2) is 7.68. The summed E-state index contributed by atoms with van der Waals surface area (Å²) in [5.74, 6) is 1.03. The molecule has 0 aliphatic rings. The van der Waals surface area contributed by atoms with Gasteiger partial charge in [-0.25, -0.2) is 13.1 Å². The molecule has 0 unspecified atom stereocenters. The third-order valence-corrected chi connectivity index (χ3v) is 4.72. The van der Waals surface area contributed by atoms with Crippen LogP contribution < -0.4 is 14.2 Å². The largest absolute Gasteiger partial charge is 0.493 e. The van der Waals surface area contributed by atoms with E-state index in [0.29, 0.717) is 22.1 Å². The predicted octanol–water partition coefficient (Wildman–Crippen LogP) is 2.98. The van der Waals surface area contributed by atoms with Gasteiger partial charge >= 0.3 is 0 Å². The van der Waals surface area contributed by atoms with Crippen LogP contribution in [0, 0.1) is 0 Å². The van der Waals surface area contributed by atoms with Gasteiger partial charge in [0.05, 0.1) is 20.0 Å². The first-order valence-corrected chi connectivity index (χ1v) is 8.89. The van der Waals surface area contributed by atoms with E-state index in [1.165, 1.54) is 7.11 Å². The quantitative estimate of drug-likeness (QED) is 0.829. The standard InChI is InChI=1S/C16H18ClNO4S/c1-21-15-7-6-12(9-16(15)22-2)10-18-23(19,20)11-13-4-3-5-14(17)8-13/h3-9,18H,10-11H2,1-2H3. The number of benzene rings is 2. The summed E-state index contributed by atoms with van der Waals surface area (Å²) in [7, 11) is -0.386. The van der Waals surface area contributed by atoms with E-state index in [9.17, 15) is 8.42 Å². The van der Waals surface area contributed by atoms with Gasteiger partial charge in [0.15, 0.2) is 11.5 Å². The third-order valence-electron chi connectivity index (χ3n) is 3.19. The molecule has 0 fully saturated rings. The Labute approximate surface area is 141 Å². The molecule has 0 atom stereocenters. The van der Waals surface area contributed by atoms with Crippen molar-refractivity contribution in [3.05, 3.63) is 58.6 Å². The molecule has 1 N–H and O–H groups in total. The molecule has 5 nitrogen and oxygen atoms in total. The zero-order chi connectivity index (χ0) is 16.9. The minimum Gasteiger partial charge on any atom is -0.493 e. The average Bonchev–Trinajstić information content (AvgIpc) is 2.52. The summed E-state index contributed by atoms with van der Waals surface area (Å²) in [6, 6.07) is 12.0. The van der Waals surface area contributed by atoms with Gasteiger partial charge in [0.1, 0.15) is 0 Å². The maximum absolute atomic E-state index is 12.2. The molecule has 0 aromatic heterocycles. The topological polar surface area (TPSA) is 64.6 Å². The zero-order valence-corrected chi connectivity index (χ0v) is 14.4. The van der Waals surface area contributed by atoms with Crippen molar-refractivity contribution >= 4 is 21.6 Å². The van der Waals surface area contributed by atoms with Crippen LogP contribution in [0.15, 0.2) is 42.5 Å². The smallest absolute Gasteiger partial charge is 0.216 e. The number of ether oxygens (including phenoxy) is 2. The Morgan fingerprint density at radius 2 is 1.74 bits per heavy atom. The summed E-state index contributed by atoms with van der Waals surface area (Å²) in [4.78, 5) is 0. The van der Waals surface area contributed by atoms with Crippen molar-refractivity contribution in [1.29, 1.82) is 0 Å². The van der Waals surface area contributed by atoms with Crippen molar-refractivity contribution in [1.82, 2.24) is 4.72 Å². The monoisotopic (exact) mass is 355 g/mol. The van der Waals surface area contributed by atoms with Crippen LogP contribution in [0.5, 0.6) is 11.5 Å². The van der Waals surface area contributed by atoms with Crippen LogP contribution in [0.3, 0.4) is 0 Å². The number of nitrogens with one attached hydrogen (secondary N) is 1. The molecule has 2 aromatic carbocycles. The molecular formula is C16H18ClNO4S. The van der Waals surface area contributed by atoms with Crippen molar-refractivity contribution < 1.29 is 17.9 Å². The lowest BCUT2D eigenvalue weighted by atomic mass is 10.2. The molecule has 0 bridgehead atoms. The van der Waals surface area contributed by atoms with E-state index in [1.54, 1.807) is 49.6 Å². The minimum absolute atomic E-state index is 0.124. The van der Waals surface area contributed by atoms with Crippen LogP contribution in [0.2, 0.25) is 5.02 Å². The molecular weight excluding hydrogens is 338 g/mol. The maximum Gasteiger partial charge on any atom is 0.216 e. The van der Waals surface area contributed by atoms with Gasteiger partial charge in [-0.15, -0.1) is 0 Å². The van der Waals surface area contributed by atoms with E-state index in [2.05, 4.69) is 4.72 Å². The molecule has 0 heterocycles. The van der Waals surface area contributed by atoms with Crippen molar-refractivity contribution in [2.75, 3.05) is 14.2 Å². The maximum atomic E-state index is 12.2. The molecule has 0 amide bonds. The van der Waals surface area contributed by atoms with Gasteiger partial charge in [-0.1, -0.05) is 29.8 Å². The van der Waals surface area contributed by atoms with Crippen molar-refractivity contribution in [2.24, 2.45) is 0 Å². The Balaban J connectivity index is 2.04. The summed E-state index contributed by atoms with van der Waals surface area (Å²) in [6.07, 6.45) is 0. The highest BCUT2D eigenvalue weighted by molar-refractivity contribution is 7.88. The number of halogens is 1. The lowest BCUT2D eigenvalue weighted by Gasteiger charge is -2.11. The number of rotatable bonds is 7. The SMILES string of the molecule is COc1ccc(CNS(=O)(=O)Cc2cccc(Cl)c2)cc1OC. The predicted molar refractivity (Wildman–Crippen MR) is 90.5 cm³/mol. The van der Waals surface area contributed by atoms with Gasteiger partial charge in [-0.05, 0) is 35.4 Å². The highest BCUT2D eigenvalue weighted by Gasteiger charge is 2.12. The van der Waals surface area contributed by atoms with Crippen LogP contribution in [0.4, 0.5) is 0 Å². The average molecular weight is 356 g/mol. The van der Waals surface area contributed by atoms with Gasteiger partial charge in [0.2, 0.25) is 10.0 Å². The Morgan fingerprint density at radius 3 is 2.39 bits per heavy atom. The van der Waals surface area contributed by atoms with Gasteiger partial charge in [-0.2, -0.15) is 0 Å². The van der Waals surface area contributed by atoms with Crippen LogP contribution in [-0.2, 0) is 22.3 Å². The van der Waals surface area contributed by atoms with Crippen molar-refractivity contribution in [2.45, 2.75) is 12.3 Å². The van der Waals surface area contributed by atoms with Gasteiger partial charge in [0.25, 0.3) is 0 Å². The summed E-state index contributed by atoms with van der Waals surface area (Å²) < 4.78 is 37.2. The second-order valence-electron chi connectivity index (χ2n) is 4.90. The summed E-state index contributed by atoms with van der Waals surface area (Å²) in [5, 5.41) is 0.512. The van der Waals surface area contributed by atoms with Crippen molar-refractivity contribution in [3.8, 4) is 11.5 Å². The van der Waals surface area contributed by atoms with Crippen LogP contribution in [-0.4, -0.2) is 22.6 Å². The first-order valence-electron chi connectivity index (χ1n) is 6.86. The van der Waals surface area contributed by atoms with Crippen LogP contribution in [0.25, 0.3) is 0 Å². The molecule has 2 aromatic rings. The molecule has 0 aliphatic heterocycles. The first-order chi connectivity index (χ1) is 10.9. The van der Waals surface area contributed by atoms with E-state index in [-0.39, 0.29) is 12.3 Å². The fraction of sp³-hybridized carbons (Fsp3) is 0.250. The molecule has 23 heavy (non-hydrogen) atoms. The summed E-state index contributed by atoms with van der Waals surface area (Å²) >= 11 is 5.87. The Hall–Kier alpha value is -1.76. The normalized spacial score (nSPS) is 11.3. The molecule has 0 aliphatic carbocycles. The molecule has 0 spiro atoms. The first kappa shape index (κ1) is 17.6. The number of hydrogen-bond donors (Lipinski definition) is 1. The van der Waals surface area contributed by atoms with Gasteiger partial charge in [0, 0.05) is 11.6 Å². The number of sulfonamides is 1. The van der Waals surface area contributed by atoms with E-state index in [0.717, 1.165) is 5.56 Å². The minimum atomic E-state index is -3.47. The van der Waals surface area contributed by atoms with Crippen LogP contribution in [0.1, 0.15) is 11.1 Å². The molecule has 0 saturated carbocycles. The van der Waals surface area contributed by atoms with Gasteiger partial charge < -0.3 is 9.47 Å². The summed E-state index contributed by atoms with van der Waals surface area (Å²) in [5.41, 5.74) is 1.41. The molecule has 124 valence electrons. The lowest BCUT2D eigenvalue weighted by Crippen LogP contribution is -2.24. The van der Waals surface area contributed by atoms with E-state index in [1.807, 2.05) is 0 Å². The van der Waals surface area contributed by atoms with E-state index < -0.39 is 10.0 Å². The Morgan fingerprint density at radius 1 is 1.00 bits per heavy atom. The highest BCUT2D eigenvalue weighted by atomic mass is 35.5. The molecule has 0 saturated heterocycles. The molecule has 2 rings (SSSR count). The lowest BCUT2D eigenvalue weighted by molar-refractivity contribution is 0.354. The number of hydrogen-bond acceptors (Lipinski definition) is 4. The van der Waals surface area contributed by atoms with Crippen molar-refractivity contribution in [3.63, 3.8) is 0 Å². The highest BCUT2D eigenvalue weighted by Crippen LogP contribution is 2.27. The Kier molecular flexibility index (Phi) is 5.87. The zero-order valence-electron chi connectivity index (χ0n) is 12.9. The van der Waals surface area contributed by atoms with Crippen LogP contribution >= 0.6 is 11.6 Å². The van der Waals surface area contributed by atoms with Gasteiger partial charge in [-0.3, -0.25) is 0 Å². The fourth-order valence-corrected chi connectivity index (χ4v) is 3.40. The second-order valence-corrected chi connectivity index (χ2v) is 7.14. The number of methoxy groups -OCH3 is 2. The fourth-order valence-electron chi connectivity index (χ4n) is 2.08. The molecule has 0 radical (unpaired) electrons. The Bertz CT molecular complexity index is 777. The van der Waals surface area contributed by atoms with E-state index >= 15 is 0 Å². The molecule has 7 heteroatoms. The van der Waals surface area contributed by atoms with E-state index in [4.69, 9.17) is 21.1 Å².